The van der Waals surface area contributed by atoms with Gasteiger partial charge < -0.3 is 11.1 Å². The van der Waals surface area contributed by atoms with Crippen LogP contribution in [-0.4, -0.2) is 21.4 Å². The molecule has 4 nitrogen and oxygen atoms in total. The van der Waals surface area contributed by atoms with E-state index in [9.17, 15) is 4.79 Å². The van der Waals surface area contributed by atoms with Gasteiger partial charge in [0.05, 0.1) is 16.0 Å². The monoisotopic (exact) mass is 273 g/mol. The number of amides is 1. The predicted molar refractivity (Wildman–Crippen MR) is 80.1 cm³/mol. The second-order valence-corrected chi connectivity index (χ2v) is 5.27. The van der Waals surface area contributed by atoms with E-state index < -0.39 is 5.54 Å². The molecule has 19 heavy (non-hydrogen) atoms. The Hall–Kier alpha value is -2.01. The maximum atomic E-state index is 12.1. The third kappa shape index (κ3) is 2.88. The summed E-state index contributed by atoms with van der Waals surface area (Å²) in [5.74, 6) is -0.288. The van der Waals surface area contributed by atoms with Crippen LogP contribution in [0.4, 0.5) is 0 Å². The second kappa shape index (κ2) is 4.93. The van der Waals surface area contributed by atoms with Gasteiger partial charge in [-0.3, -0.25) is 4.79 Å². The van der Waals surface area contributed by atoms with Gasteiger partial charge in [0.25, 0.3) is 5.91 Å². The van der Waals surface area contributed by atoms with Gasteiger partial charge >= 0.3 is 0 Å². The van der Waals surface area contributed by atoms with E-state index in [-0.39, 0.29) is 10.9 Å². The molecule has 0 atom stereocenters. The van der Waals surface area contributed by atoms with Crippen molar-refractivity contribution in [2.75, 3.05) is 0 Å². The number of aromatic nitrogens is 1. The molecule has 0 spiro atoms. The smallest absolute Gasteiger partial charge is 0.270 e. The molecule has 98 valence electrons. The largest absolute Gasteiger partial charge is 0.391 e. The molecule has 5 heteroatoms. The van der Waals surface area contributed by atoms with Crippen LogP contribution in [0.2, 0.25) is 0 Å². The SMILES string of the molecule is CC(C)(NC(=O)c1ccc2ccccc2n1)C(N)=S. The molecule has 1 amide bonds. The van der Waals surface area contributed by atoms with Crippen molar-refractivity contribution in [2.24, 2.45) is 5.73 Å². The first-order valence-corrected chi connectivity index (χ1v) is 6.29. The Bertz CT molecular complexity index is 652. The van der Waals surface area contributed by atoms with E-state index in [4.69, 9.17) is 18.0 Å². The number of carbonyl (C=O) groups excluding carboxylic acids is 1. The number of hydrogen-bond donors (Lipinski definition) is 2. The van der Waals surface area contributed by atoms with E-state index in [1.54, 1.807) is 19.9 Å². The van der Waals surface area contributed by atoms with Crippen molar-refractivity contribution in [3.05, 3.63) is 42.1 Å². The van der Waals surface area contributed by atoms with E-state index >= 15 is 0 Å². The lowest BCUT2D eigenvalue weighted by atomic mass is 10.1. The van der Waals surface area contributed by atoms with Crippen molar-refractivity contribution in [2.45, 2.75) is 19.4 Å². The Morgan fingerprint density at radius 1 is 1.26 bits per heavy atom. The molecule has 0 saturated carbocycles. The van der Waals surface area contributed by atoms with Crippen molar-refractivity contribution >= 4 is 34.0 Å². The summed E-state index contributed by atoms with van der Waals surface area (Å²) < 4.78 is 0. The summed E-state index contributed by atoms with van der Waals surface area (Å²) >= 11 is 4.92. The Morgan fingerprint density at radius 3 is 2.63 bits per heavy atom. The fourth-order valence-corrected chi connectivity index (χ4v) is 1.65. The highest BCUT2D eigenvalue weighted by atomic mass is 32.1. The number of benzene rings is 1. The summed E-state index contributed by atoms with van der Waals surface area (Å²) in [7, 11) is 0. The van der Waals surface area contributed by atoms with E-state index in [1.807, 2.05) is 30.3 Å². The van der Waals surface area contributed by atoms with Gasteiger partial charge in [0, 0.05) is 5.39 Å². The zero-order valence-corrected chi connectivity index (χ0v) is 11.6. The minimum atomic E-state index is -0.736. The first-order chi connectivity index (χ1) is 8.90. The quantitative estimate of drug-likeness (QED) is 0.840. The van der Waals surface area contributed by atoms with Gasteiger partial charge in [0.1, 0.15) is 5.69 Å². The summed E-state index contributed by atoms with van der Waals surface area (Å²) in [6.45, 7) is 3.52. The zero-order chi connectivity index (χ0) is 14.0. The molecule has 1 aromatic carbocycles. The molecule has 0 unspecified atom stereocenters. The number of rotatable bonds is 3. The van der Waals surface area contributed by atoms with Crippen LogP contribution in [0, 0.1) is 0 Å². The highest BCUT2D eigenvalue weighted by molar-refractivity contribution is 7.80. The molecule has 1 heterocycles. The molecule has 0 saturated heterocycles. The number of hydrogen-bond acceptors (Lipinski definition) is 3. The normalized spacial score (nSPS) is 11.3. The first kappa shape index (κ1) is 13.4. The number of para-hydroxylation sites is 1. The van der Waals surface area contributed by atoms with Crippen LogP contribution in [-0.2, 0) is 0 Å². The van der Waals surface area contributed by atoms with Crippen LogP contribution in [0.3, 0.4) is 0 Å². The van der Waals surface area contributed by atoms with Gasteiger partial charge in [0.15, 0.2) is 0 Å². The van der Waals surface area contributed by atoms with Crippen LogP contribution in [0.1, 0.15) is 24.3 Å². The molecule has 1 aromatic heterocycles. The fourth-order valence-electron chi connectivity index (χ4n) is 1.60. The highest BCUT2D eigenvalue weighted by Gasteiger charge is 2.24. The number of thiocarbonyl (C=S) groups is 1. The van der Waals surface area contributed by atoms with Gasteiger partial charge in [0.2, 0.25) is 0 Å². The average Bonchev–Trinajstić information content (AvgIpc) is 2.37. The summed E-state index contributed by atoms with van der Waals surface area (Å²) in [5, 5.41) is 3.76. The van der Waals surface area contributed by atoms with Crippen LogP contribution in [0.25, 0.3) is 10.9 Å². The lowest BCUT2D eigenvalue weighted by Crippen LogP contribution is -2.52. The average molecular weight is 273 g/mol. The summed E-state index contributed by atoms with van der Waals surface area (Å²) in [6.07, 6.45) is 0. The predicted octanol–water partition coefficient (Wildman–Crippen LogP) is 2.03. The lowest BCUT2D eigenvalue weighted by molar-refractivity contribution is 0.0927. The molecule has 0 fully saturated rings. The maximum Gasteiger partial charge on any atom is 0.270 e. The van der Waals surface area contributed by atoms with Crippen molar-refractivity contribution < 1.29 is 4.79 Å². The molecule has 0 aliphatic rings. The van der Waals surface area contributed by atoms with Gasteiger partial charge in [-0.05, 0) is 26.0 Å². The van der Waals surface area contributed by atoms with E-state index in [1.165, 1.54) is 0 Å². The van der Waals surface area contributed by atoms with Gasteiger partial charge in [-0.1, -0.05) is 36.5 Å². The lowest BCUT2D eigenvalue weighted by Gasteiger charge is -2.24. The van der Waals surface area contributed by atoms with Crippen molar-refractivity contribution in [3.8, 4) is 0 Å². The zero-order valence-electron chi connectivity index (χ0n) is 10.8. The van der Waals surface area contributed by atoms with Crippen LogP contribution in [0.5, 0.6) is 0 Å². The first-order valence-electron chi connectivity index (χ1n) is 5.88. The number of fused-ring (bicyclic) bond motifs is 1. The molecule has 0 bridgehead atoms. The molecule has 2 aromatic rings. The van der Waals surface area contributed by atoms with E-state index in [2.05, 4.69) is 10.3 Å². The fraction of sp³-hybridized carbons (Fsp3) is 0.214. The van der Waals surface area contributed by atoms with Crippen LogP contribution in [0.15, 0.2) is 36.4 Å². The van der Waals surface area contributed by atoms with Gasteiger partial charge in [-0.2, -0.15) is 0 Å². The topological polar surface area (TPSA) is 68.0 Å². The highest BCUT2D eigenvalue weighted by Crippen LogP contribution is 2.12. The Kier molecular flexibility index (Phi) is 3.48. The Morgan fingerprint density at radius 2 is 1.95 bits per heavy atom. The van der Waals surface area contributed by atoms with E-state index in [0.717, 1.165) is 10.9 Å². The standard InChI is InChI=1S/C14H15N3OS/c1-14(2,13(15)19)17-12(18)11-8-7-9-5-3-4-6-10(9)16-11/h3-8H,1-2H3,(H2,15,19)(H,17,18). The minimum Gasteiger partial charge on any atom is -0.391 e. The van der Waals surface area contributed by atoms with Gasteiger partial charge in [-0.15, -0.1) is 0 Å². The molecule has 2 rings (SSSR count). The van der Waals surface area contributed by atoms with Crippen molar-refractivity contribution in [1.82, 2.24) is 10.3 Å². The molecule has 3 N–H and O–H groups in total. The summed E-state index contributed by atoms with van der Waals surface area (Å²) in [6, 6.07) is 11.2. The molecular formula is C14H15N3OS. The number of nitrogens with zero attached hydrogens (tertiary/aromatic N) is 1. The van der Waals surface area contributed by atoms with Crippen molar-refractivity contribution in [1.29, 1.82) is 0 Å². The Balaban J connectivity index is 2.29. The second-order valence-electron chi connectivity index (χ2n) is 4.83. The number of nitrogens with one attached hydrogen (secondary N) is 1. The van der Waals surface area contributed by atoms with Gasteiger partial charge in [-0.25, -0.2) is 4.98 Å². The minimum absolute atomic E-state index is 0.238. The third-order valence-corrected chi connectivity index (χ3v) is 3.38. The molecule has 0 radical (unpaired) electrons. The van der Waals surface area contributed by atoms with Crippen LogP contribution >= 0.6 is 12.2 Å². The molecular weight excluding hydrogens is 258 g/mol. The molecule has 0 aliphatic carbocycles. The molecule has 0 aliphatic heterocycles. The van der Waals surface area contributed by atoms with Crippen molar-refractivity contribution in [3.63, 3.8) is 0 Å². The van der Waals surface area contributed by atoms with Crippen LogP contribution < -0.4 is 11.1 Å². The third-order valence-electron chi connectivity index (χ3n) is 2.87. The summed E-state index contributed by atoms with van der Waals surface area (Å²) in [5.41, 5.74) is 5.98. The number of carbonyl (C=O) groups is 1. The number of nitrogens with two attached hydrogens (primary N) is 1. The summed E-state index contributed by atoms with van der Waals surface area (Å²) in [4.78, 5) is 16.7. The maximum absolute atomic E-state index is 12.1. The Labute approximate surface area is 117 Å². The number of pyridine rings is 1. The van der Waals surface area contributed by atoms with E-state index in [0.29, 0.717) is 5.69 Å².